The lowest BCUT2D eigenvalue weighted by Crippen LogP contribution is -2.43. The van der Waals surface area contributed by atoms with Crippen molar-refractivity contribution in [2.24, 2.45) is 7.05 Å². The molecule has 0 saturated carbocycles. The van der Waals surface area contributed by atoms with Crippen molar-refractivity contribution < 1.29 is 13.9 Å². The molecule has 9 heteroatoms. The molecule has 2 saturated heterocycles. The first-order valence-corrected chi connectivity index (χ1v) is 13.4. The fourth-order valence-electron chi connectivity index (χ4n) is 5.59. The molecule has 37 heavy (non-hydrogen) atoms. The third-order valence-corrected chi connectivity index (χ3v) is 7.99. The van der Waals surface area contributed by atoms with Crippen LogP contribution in [-0.2, 0) is 11.8 Å². The molecule has 2 aromatic carbocycles. The fourth-order valence-corrected chi connectivity index (χ4v) is 5.80. The van der Waals surface area contributed by atoms with Crippen LogP contribution in [0.4, 0.5) is 5.82 Å². The average molecular weight is 523 g/mol. The summed E-state index contributed by atoms with van der Waals surface area (Å²) < 4.78 is 19.2. The number of aryl methyl sites for hydroxylation is 2. The van der Waals surface area contributed by atoms with Crippen molar-refractivity contribution in [2.75, 3.05) is 24.7 Å². The monoisotopic (exact) mass is 522 g/mol. The first kappa shape index (κ1) is 24.2. The van der Waals surface area contributed by atoms with Gasteiger partial charge in [-0.05, 0) is 49.9 Å². The highest BCUT2D eigenvalue weighted by Crippen LogP contribution is 2.39. The molecule has 0 bridgehead atoms. The van der Waals surface area contributed by atoms with E-state index in [9.17, 15) is 4.79 Å². The maximum absolute atomic E-state index is 13.0. The van der Waals surface area contributed by atoms with Crippen LogP contribution in [0.2, 0.25) is 5.02 Å². The summed E-state index contributed by atoms with van der Waals surface area (Å²) in [6.07, 6.45) is 3.42. The van der Waals surface area contributed by atoms with Crippen molar-refractivity contribution in [1.82, 2.24) is 14.5 Å². The molecule has 4 heterocycles. The first-order valence-electron chi connectivity index (χ1n) is 13.0. The van der Waals surface area contributed by atoms with Crippen LogP contribution in [0.15, 0.2) is 39.5 Å². The lowest BCUT2D eigenvalue weighted by molar-refractivity contribution is 0.141. The van der Waals surface area contributed by atoms with Gasteiger partial charge in [0.15, 0.2) is 11.5 Å². The number of fused-ring (bicyclic) bond motifs is 2. The summed E-state index contributed by atoms with van der Waals surface area (Å²) in [6.45, 7) is 6.19. The molecule has 194 valence electrons. The SMILES string of the molecule is CC[C@@H]1C[C@@H](c2nc3cc(C)ccc3o2)CCN1c1nc(=O)n(C)c2cc(OC3CCOC3)c(Cl)cc12. The minimum absolute atomic E-state index is 0.0347. The van der Waals surface area contributed by atoms with Gasteiger partial charge in [-0.1, -0.05) is 24.6 Å². The number of aromatic nitrogens is 3. The molecule has 0 N–H and O–H groups in total. The van der Waals surface area contributed by atoms with Crippen LogP contribution in [0.3, 0.4) is 0 Å². The Morgan fingerprint density at radius 2 is 2.05 bits per heavy atom. The Morgan fingerprint density at radius 3 is 2.84 bits per heavy atom. The highest BCUT2D eigenvalue weighted by molar-refractivity contribution is 6.33. The van der Waals surface area contributed by atoms with E-state index in [1.165, 1.54) is 5.56 Å². The van der Waals surface area contributed by atoms with Crippen molar-refractivity contribution in [3.63, 3.8) is 0 Å². The summed E-state index contributed by atoms with van der Waals surface area (Å²) in [5.74, 6) is 2.24. The molecule has 6 rings (SSSR count). The van der Waals surface area contributed by atoms with Crippen LogP contribution >= 0.6 is 11.6 Å². The van der Waals surface area contributed by atoms with Crippen molar-refractivity contribution in [3.05, 3.63) is 57.3 Å². The maximum Gasteiger partial charge on any atom is 0.349 e. The zero-order valence-electron chi connectivity index (χ0n) is 21.4. The molecular formula is C28H31ClN4O4. The molecule has 0 amide bonds. The van der Waals surface area contributed by atoms with E-state index in [-0.39, 0.29) is 23.8 Å². The molecule has 2 aliphatic rings. The predicted molar refractivity (Wildman–Crippen MR) is 144 cm³/mol. The molecule has 2 fully saturated rings. The summed E-state index contributed by atoms with van der Waals surface area (Å²) >= 11 is 6.69. The van der Waals surface area contributed by atoms with E-state index in [4.69, 9.17) is 30.5 Å². The summed E-state index contributed by atoms with van der Waals surface area (Å²) in [7, 11) is 1.73. The topological polar surface area (TPSA) is 82.6 Å². The molecule has 8 nitrogen and oxygen atoms in total. The van der Waals surface area contributed by atoms with E-state index in [0.717, 1.165) is 60.1 Å². The Morgan fingerprint density at radius 1 is 1.19 bits per heavy atom. The smallest absolute Gasteiger partial charge is 0.349 e. The van der Waals surface area contributed by atoms with Gasteiger partial charge in [-0.15, -0.1) is 0 Å². The average Bonchev–Trinajstić information content (AvgIpc) is 3.56. The van der Waals surface area contributed by atoms with Crippen LogP contribution < -0.4 is 15.3 Å². The van der Waals surface area contributed by atoms with Gasteiger partial charge in [-0.3, -0.25) is 4.57 Å². The number of hydrogen-bond acceptors (Lipinski definition) is 7. The van der Waals surface area contributed by atoms with Crippen molar-refractivity contribution in [3.8, 4) is 5.75 Å². The molecule has 3 atom stereocenters. The highest BCUT2D eigenvalue weighted by Gasteiger charge is 2.33. The van der Waals surface area contributed by atoms with Gasteiger partial charge in [0, 0.05) is 43.4 Å². The van der Waals surface area contributed by atoms with E-state index in [1.54, 1.807) is 11.6 Å². The van der Waals surface area contributed by atoms with Crippen LogP contribution in [0.5, 0.6) is 5.75 Å². The third kappa shape index (κ3) is 4.46. The summed E-state index contributed by atoms with van der Waals surface area (Å²) in [5, 5.41) is 1.35. The van der Waals surface area contributed by atoms with E-state index >= 15 is 0 Å². The van der Waals surface area contributed by atoms with Gasteiger partial charge < -0.3 is 18.8 Å². The van der Waals surface area contributed by atoms with Crippen LogP contribution in [0, 0.1) is 6.92 Å². The van der Waals surface area contributed by atoms with Gasteiger partial charge in [-0.25, -0.2) is 9.78 Å². The largest absolute Gasteiger partial charge is 0.486 e. The quantitative estimate of drug-likeness (QED) is 0.348. The number of benzene rings is 2. The Hall–Kier alpha value is -3.10. The highest BCUT2D eigenvalue weighted by atomic mass is 35.5. The van der Waals surface area contributed by atoms with E-state index in [0.29, 0.717) is 29.8 Å². The van der Waals surface area contributed by atoms with E-state index in [2.05, 4.69) is 29.8 Å². The summed E-state index contributed by atoms with van der Waals surface area (Å²) in [6, 6.07) is 10.0. The van der Waals surface area contributed by atoms with Gasteiger partial charge >= 0.3 is 5.69 Å². The van der Waals surface area contributed by atoms with E-state index < -0.39 is 0 Å². The Labute approximate surface area is 220 Å². The molecule has 4 aromatic rings. The molecule has 2 aromatic heterocycles. The molecule has 0 radical (unpaired) electrons. The summed E-state index contributed by atoms with van der Waals surface area (Å²) in [4.78, 5) is 24.5. The zero-order valence-corrected chi connectivity index (χ0v) is 22.1. The number of nitrogens with zero attached hydrogens (tertiary/aromatic N) is 4. The van der Waals surface area contributed by atoms with Crippen molar-refractivity contribution in [2.45, 2.75) is 57.6 Å². The van der Waals surface area contributed by atoms with Crippen LogP contribution in [0.1, 0.15) is 50.0 Å². The Kier molecular flexibility index (Phi) is 6.32. The van der Waals surface area contributed by atoms with Gasteiger partial charge in [0.1, 0.15) is 23.2 Å². The summed E-state index contributed by atoms with van der Waals surface area (Å²) in [5.41, 5.74) is 3.35. The van der Waals surface area contributed by atoms with Crippen molar-refractivity contribution >= 4 is 39.4 Å². The normalized spacial score (nSPS) is 22.3. The number of anilines is 1. The van der Waals surface area contributed by atoms with E-state index in [1.807, 2.05) is 24.3 Å². The predicted octanol–water partition coefficient (Wildman–Crippen LogP) is 5.37. The van der Waals surface area contributed by atoms with Crippen molar-refractivity contribution in [1.29, 1.82) is 0 Å². The molecule has 2 aliphatic heterocycles. The van der Waals surface area contributed by atoms with Crippen LogP contribution in [0.25, 0.3) is 22.0 Å². The number of piperidine rings is 1. The Bertz CT molecular complexity index is 1520. The Balaban J connectivity index is 1.33. The zero-order chi connectivity index (χ0) is 25.7. The van der Waals surface area contributed by atoms with Gasteiger partial charge in [0.2, 0.25) is 0 Å². The fraction of sp³-hybridized carbons (Fsp3) is 0.464. The second-order valence-electron chi connectivity index (χ2n) is 10.2. The number of rotatable bonds is 5. The number of hydrogen-bond donors (Lipinski definition) is 0. The lowest BCUT2D eigenvalue weighted by Gasteiger charge is -2.39. The molecule has 0 aliphatic carbocycles. The first-order chi connectivity index (χ1) is 17.9. The minimum Gasteiger partial charge on any atom is -0.486 e. The molecular weight excluding hydrogens is 492 g/mol. The molecule has 1 unspecified atom stereocenters. The van der Waals surface area contributed by atoms with Crippen LogP contribution in [-0.4, -0.2) is 46.4 Å². The number of oxazole rings is 1. The second kappa shape index (κ2) is 9.65. The maximum atomic E-state index is 13.0. The number of halogens is 1. The van der Waals surface area contributed by atoms with Gasteiger partial charge in [0.05, 0.1) is 23.8 Å². The lowest BCUT2D eigenvalue weighted by atomic mass is 9.89. The van der Waals surface area contributed by atoms with Gasteiger partial charge in [-0.2, -0.15) is 4.98 Å². The van der Waals surface area contributed by atoms with Gasteiger partial charge in [0.25, 0.3) is 0 Å². The second-order valence-corrected chi connectivity index (χ2v) is 10.6. The number of ether oxygens (including phenoxy) is 2. The minimum atomic E-state index is -0.300. The standard InChI is InChI=1S/C28H31ClN4O4/c1-4-18-12-17(27-30-22-11-16(2)5-6-24(22)37-27)7-9-33(18)26-20-13-21(29)25(36-19-8-10-35-15-19)14-23(20)32(3)28(34)31-26/h5-6,11,13-14,17-19H,4,7-10,12,15H2,1-3H3/t17-,18+,19?/m0/s1. The molecule has 0 spiro atoms. The third-order valence-electron chi connectivity index (χ3n) is 7.69.